The molecule has 3 N–H and O–H groups in total. The molecule has 0 bridgehead atoms. The molecule has 6 heteroatoms. The van der Waals surface area contributed by atoms with E-state index in [1.165, 1.54) is 6.08 Å². The van der Waals surface area contributed by atoms with E-state index in [1.807, 2.05) is 19.2 Å². The molecule has 3 amide bonds. The van der Waals surface area contributed by atoms with Crippen LogP contribution in [0.3, 0.4) is 0 Å². The maximum Gasteiger partial charge on any atom is 0.325 e. The molecule has 0 aromatic rings. The Morgan fingerprint density at radius 2 is 1.73 bits per heavy atom. The second-order valence-corrected chi connectivity index (χ2v) is 4.26. The van der Waals surface area contributed by atoms with Gasteiger partial charge in [-0.25, -0.2) is 4.79 Å². The van der Waals surface area contributed by atoms with Crippen molar-refractivity contribution in [2.45, 2.75) is 52.9 Å². The van der Waals surface area contributed by atoms with Crippen LogP contribution in [-0.4, -0.2) is 30.4 Å². The van der Waals surface area contributed by atoms with E-state index in [1.54, 1.807) is 13.0 Å². The molecule has 0 radical (unpaired) electrons. The lowest BCUT2D eigenvalue weighted by atomic mass is 10.1. The summed E-state index contributed by atoms with van der Waals surface area (Å²) in [5, 5.41) is 13.3. The minimum atomic E-state index is -0.593. The highest BCUT2D eigenvalue weighted by molar-refractivity contribution is 5.85. The number of aliphatic hydroxyl groups excluding tert-OH is 1. The molecule has 0 aromatic carbocycles. The van der Waals surface area contributed by atoms with Crippen LogP contribution in [0.2, 0.25) is 0 Å². The first-order valence-corrected chi connectivity index (χ1v) is 7.59. The summed E-state index contributed by atoms with van der Waals surface area (Å²) in [6.45, 7) is 5.97. The minimum absolute atomic E-state index is 0.184. The molecular formula is C16H28N2O4. The van der Waals surface area contributed by atoms with E-state index < -0.39 is 6.03 Å². The summed E-state index contributed by atoms with van der Waals surface area (Å²) < 4.78 is 0. The Morgan fingerprint density at radius 1 is 1.09 bits per heavy atom. The Labute approximate surface area is 132 Å². The zero-order valence-corrected chi connectivity index (χ0v) is 13.7. The topological polar surface area (TPSA) is 95.5 Å². The standard InChI is InChI=1S/C14H22N2O4.C2H6/c1-12(7-6-10-18)13(16-14(20)15-11-19)8-4-2-3-5-9-17;1-2/h6-7,10-11,17H,2-5,8-9H2,1H3,(H2,15,16,19,20);1-2H3/b7-6+,13-12+;. The number of carbonyl (C=O) groups excluding carboxylic acids is 3. The zero-order valence-electron chi connectivity index (χ0n) is 13.7. The van der Waals surface area contributed by atoms with Crippen LogP contribution in [0.25, 0.3) is 0 Å². The maximum absolute atomic E-state index is 11.4. The van der Waals surface area contributed by atoms with Crippen molar-refractivity contribution >= 4 is 18.7 Å². The van der Waals surface area contributed by atoms with Crippen molar-refractivity contribution in [1.29, 1.82) is 0 Å². The highest BCUT2D eigenvalue weighted by atomic mass is 16.3. The third-order valence-electron chi connectivity index (χ3n) is 2.69. The second-order valence-electron chi connectivity index (χ2n) is 4.26. The summed E-state index contributed by atoms with van der Waals surface area (Å²) in [7, 11) is 0. The van der Waals surface area contributed by atoms with Gasteiger partial charge in [-0.1, -0.05) is 32.8 Å². The molecule has 0 saturated carbocycles. The first-order valence-electron chi connectivity index (χ1n) is 7.59. The van der Waals surface area contributed by atoms with Gasteiger partial charge in [-0.2, -0.15) is 0 Å². The van der Waals surface area contributed by atoms with Crippen LogP contribution in [0.1, 0.15) is 52.9 Å². The van der Waals surface area contributed by atoms with Crippen LogP contribution in [0.4, 0.5) is 4.79 Å². The lowest BCUT2D eigenvalue weighted by Crippen LogP contribution is -2.34. The van der Waals surface area contributed by atoms with Gasteiger partial charge in [-0.15, -0.1) is 0 Å². The fraction of sp³-hybridized carbons (Fsp3) is 0.562. The molecule has 0 unspecified atom stereocenters. The quantitative estimate of drug-likeness (QED) is 0.250. The minimum Gasteiger partial charge on any atom is -0.396 e. The number of hydrogen-bond acceptors (Lipinski definition) is 4. The van der Waals surface area contributed by atoms with Crippen LogP contribution in [0.5, 0.6) is 0 Å². The van der Waals surface area contributed by atoms with Crippen LogP contribution >= 0.6 is 0 Å². The summed E-state index contributed by atoms with van der Waals surface area (Å²) in [5.41, 5.74) is 1.44. The maximum atomic E-state index is 11.4. The second kappa shape index (κ2) is 17.1. The smallest absolute Gasteiger partial charge is 0.325 e. The molecule has 0 saturated heterocycles. The summed E-state index contributed by atoms with van der Waals surface area (Å²) in [6.07, 6.45) is 8.04. The Bertz CT molecular complexity index is 376. The van der Waals surface area contributed by atoms with E-state index >= 15 is 0 Å². The SMILES string of the molecule is CC.CC(/C=C/C=O)=C(/CCCCCCO)NC(=O)NC=O. The number of allylic oxidation sites excluding steroid dienone is 4. The van der Waals surface area contributed by atoms with Crippen LogP contribution < -0.4 is 10.6 Å². The molecule has 0 aliphatic rings. The van der Waals surface area contributed by atoms with Gasteiger partial charge in [0.1, 0.15) is 6.29 Å². The molecular weight excluding hydrogens is 284 g/mol. The number of imide groups is 1. The van der Waals surface area contributed by atoms with Gasteiger partial charge in [-0.3, -0.25) is 14.9 Å². The average molecular weight is 312 g/mol. The largest absolute Gasteiger partial charge is 0.396 e. The Balaban J connectivity index is 0. The first-order chi connectivity index (χ1) is 10.7. The van der Waals surface area contributed by atoms with Crippen LogP contribution in [0.15, 0.2) is 23.4 Å². The van der Waals surface area contributed by atoms with Crippen molar-refractivity contribution < 1.29 is 19.5 Å². The third kappa shape index (κ3) is 13.1. The number of amides is 3. The Hall–Kier alpha value is -1.95. The highest BCUT2D eigenvalue weighted by Crippen LogP contribution is 2.13. The van der Waals surface area contributed by atoms with E-state index in [2.05, 4.69) is 5.32 Å². The van der Waals surface area contributed by atoms with E-state index in [0.29, 0.717) is 24.8 Å². The third-order valence-corrected chi connectivity index (χ3v) is 2.69. The number of hydrogen-bond donors (Lipinski definition) is 3. The van der Waals surface area contributed by atoms with E-state index in [9.17, 15) is 14.4 Å². The van der Waals surface area contributed by atoms with Crippen LogP contribution in [0, 0.1) is 0 Å². The van der Waals surface area contributed by atoms with Crippen molar-refractivity contribution in [2.75, 3.05) is 6.61 Å². The number of nitrogens with one attached hydrogen (secondary N) is 2. The summed E-state index contributed by atoms with van der Waals surface area (Å²) in [6, 6.07) is -0.593. The van der Waals surface area contributed by atoms with Gasteiger partial charge in [0.15, 0.2) is 0 Å². The lowest BCUT2D eigenvalue weighted by molar-refractivity contribution is -0.108. The predicted molar refractivity (Wildman–Crippen MR) is 87.2 cm³/mol. The fourth-order valence-electron chi connectivity index (χ4n) is 1.64. The van der Waals surface area contributed by atoms with E-state index in [-0.39, 0.29) is 6.61 Å². The summed E-state index contributed by atoms with van der Waals surface area (Å²) in [4.78, 5) is 31.9. The van der Waals surface area contributed by atoms with Crippen molar-refractivity contribution in [3.63, 3.8) is 0 Å². The van der Waals surface area contributed by atoms with E-state index in [4.69, 9.17) is 5.11 Å². The Morgan fingerprint density at radius 3 is 2.27 bits per heavy atom. The van der Waals surface area contributed by atoms with Gasteiger partial charge in [-0.05, 0) is 37.8 Å². The lowest BCUT2D eigenvalue weighted by Gasteiger charge is -2.11. The normalized spacial score (nSPS) is 11.1. The van der Waals surface area contributed by atoms with Gasteiger partial charge in [0.25, 0.3) is 0 Å². The molecule has 6 nitrogen and oxygen atoms in total. The van der Waals surface area contributed by atoms with Gasteiger partial charge >= 0.3 is 6.03 Å². The molecule has 126 valence electrons. The number of aliphatic hydroxyl groups is 1. The van der Waals surface area contributed by atoms with Crippen molar-refractivity contribution in [2.24, 2.45) is 0 Å². The molecule has 0 aliphatic carbocycles. The number of rotatable bonds is 10. The number of carbonyl (C=O) groups is 3. The van der Waals surface area contributed by atoms with Crippen molar-refractivity contribution in [3.05, 3.63) is 23.4 Å². The predicted octanol–water partition coefficient (Wildman–Crippen LogP) is 2.44. The van der Waals surface area contributed by atoms with Gasteiger partial charge in [0.2, 0.25) is 6.41 Å². The molecule has 0 fully saturated rings. The molecule has 0 rings (SSSR count). The molecule has 22 heavy (non-hydrogen) atoms. The molecule has 0 heterocycles. The monoisotopic (exact) mass is 312 g/mol. The van der Waals surface area contributed by atoms with Gasteiger partial charge in [0, 0.05) is 12.3 Å². The molecule has 0 atom stereocenters. The number of aldehydes is 1. The summed E-state index contributed by atoms with van der Waals surface area (Å²) >= 11 is 0. The Kier molecular flexibility index (Phi) is 17.4. The van der Waals surface area contributed by atoms with Crippen LogP contribution in [-0.2, 0) is 9.59 Å². The number of unbranched alkanes of at least 4 members (excludes halogenated alkanes) is 3. The molecule has 0 spiro atoms. The van der Waals surface area contributed by atoms with Gasteiger partial charge < -0.3 is 10.4 Å². The van der Waals surface area contributed by atoms with Crippen molar-refractivity contribution in [3.8, 4) is 0 Å². The zero-order chi connectivity index (χ0) is 17.2. The molecule has 0 aliphatic heterocycles. The highest BCUT2D eigenvalue weighted by Gasteiger charge is 2.06. The fourth-order valence-corrected chi connectivity index (χ4v) is 1.64. The van der Waals surface area contributed by atoms with E-state index in [0.717, 1.165) is 31.3 Å². The number of urea groups is 1. The molecule has 0 aromatic heterocycles. The van der Waals surface area contributed by atoms with Gasteiger partial charge in [0.05, 0.1) is 0 Å². The average Bonchev–Trinajstić information content (AvgIpc) is 2.53. The summed E-state index contributed by atoms with van der Waals surface area (Å²) in [5.74, 6) is 0. The first kappa shape index (κ1) is 22.3. The van der Waals surface area contributed by atoms with Crippen molar-refractivity contribution in [1.82, 2.24) is 10.6 Å².